The number of benzene rings is 2. The molecule has 0 saturated heterocycles. The lowest BCUT2D eigenvalue weighted by Gasteiger charge is -2.43. The lowest BCUT2D eigenvalue weighted by Crippen LogP contribution is -2.40. The van der Waals surface area contributed by atoms with E-state index in [0.717, 1.165) is 30.4 Å². The number of unbranched alkanes of at least 4 members (excludes halogenated alkanes) is 2. The van der Waals surface area contributed by atoms with Crippen LogP contribution < -0.4 is 10.1 Å². The first-order valence-corrected chi connectivity index (χ1v) is 15.5. The number of rotatable bonds is 14. The number of fused-ring (bicyclic) bond motifs is 1. The van der Waals surface area contributed by atoms with Crippen LogP contribution in [0.2, 0.25) is 0 Å². The van der Waals surface area contributed by atoms with Crippen LogP contribution in [-0.4, -0.2) is 57.4 Å². The zero-order valence-electron chi connectivity index (χ0n) is 23.7. The molecule has 1 heterocycles. The van der Waals surface area contributed by atoms with E-state index in [9.17, 15) is 41.5 Å². The van der Waals surface area contributed by atoms with Crippen molar-refractivity contribution < 1.29 is 46.2 Å². The fourth-order valence-corrected chi connectivity index (χ4v) is 6.62. The molecule has 0 saturated carbocycles. The van der Waals surface area contributed by atoms with Gasteiger partial charge in [-0.15, -0.1) is 0 Å². The van der Waals surface area contributed by atoms with Crippen LogP contribution in [0.5, 0.6) is 17.2 Å². The number of nitrogens with one attached hydrogen (secondary N) is 1. The molecule has 2 aromatic rings. The summed E-state index contributed by atoms with van der Waals surface area (Å²) in [5.41, 5.74) is 1.64. The molecule has 0 aliphatic carbocycles. The van der Waals surface area contributed by atoms with E-state index in [1.165, 1.54) is 0 Å². The molecule has 3 rings (SSSR count). The van der Waals surface area contributed by atoms with Crippen molar-refractivity contribution in [1.29, 1.82) is 0 Å². The topological polar surface area (TPSA) is 102 Å². The molecule has 0 spiro atoms. The van der Waals surface area contributed by atoms with Crippen LogP contribution in [0.1, 0.15) is 69.4 Å². The van der Waals surface area contributed by atoms with E-state index in [1.807, 2.05) is 18.2 Å². The normalized spacial score (nSPS) is 20.3. The van der Waals surface area contributed by atoms with Crippen molar-refractivity contribution in [2.75, 3.05) is 24.7 Å². The second-order valence-corrected chi connectivity index (χ2v) is 12.8. The minimum atomic E-state index is -5.63. The fourth-order valence-electron chi connectivity index (χ4n) is 5.28. The predicted octanol–water partition coefficient (Wildman–Crippen LogP) is 6.57. The molecule has 12 heteroatoms. The average Bonchev–Trinajstić information content (AvgIpc) is 2.91. The molecule has 42 heavy (non-hydrogen) atoms. The van der Waals surface area contributed by atoms with Crippen molar-refractivity contribution in [1.82, 2.24) is 5.32 Å². The number of ether oxygens (including phenoxy) is 1. The number of aromatic hydroxyl groups is 2. The van der Waals surface area contributed by atoms with Crippen LogP contribution in [0, 0.1) is 5.92 Å². The van der Waals surface area contributed by atoms with Gasteiger partial charge in [-0.3, -0.25) is 4.79 Å². The van der Waals surface area contributed by atoms with Crippen LogP contribution >= 0.6 is 0 Å². The second-order valence-electron chi connectivity index (χ2n) is 11.2. The molecular formula is C30H38F5NO5S. The molecule has 0 fully saturated rings. The van der Waals surface area contributed by atoms with Crippen LogP contribution in [0.25, 0.3) is 0 Å². The molecule has 6 nitrogen and oxygen atoms in total. The summed E-state index contributed by atoms with van der Waals surface area (Å²) in [6.45, 7) is 4.45. The highest BCUT2D eigenvalue weighted by atomic mass is 32.2. The summed E-state index contributed by atoms with van der Waals surface area (Å²) in [5.74, 6) is -5.26. The van der Waals surface area contributed by atoms with Crippen molar-refractivity contribution in [2.24, 2.45) is 5.92 Å². The number of carbonyl (C=O) groups is 1. The Morgan fingerprint density at radius 1 is 1.07 bits per heavy atom. The number of amides is 1. The summed E-state index contributed by atoms with van der Waals surface area (Å²) in [4.78, 5) is 12.4. The maximum Gasteiger partial charge on any atom is 0.453 e. The Balaban J connectivity index is 1.45. The SMILES string of the molecule is CC(C[S+]([O-])CCCC(F)(F)C(F)(F)F)C(=O)NCCCCCC1c2ccc(O)cc2OCC1(C)c1ccc(O)cc1. The first-order valence-electron chi connectivity index (χ1n) is 14.0. The standard InChI is InChI=1S/C30H38F5NO5S/c1-20(18-42(40)16-6-14-29(31,32)30(33,34)35)27(39)36-15-5-3-4-7-25-24-13-12-23(38)17-26(24)41-19-28(25,2)21-8-10-22(37)11-9-21/h8-13,17,20,25,37-38H,3-7,14-16,18-19H2,1-2H3,(H,36,39). The van der Waals surface area contributed by atoms with Gasteiger partial charge in [0.2, 0.25) is 5.91 Å². The molecule has 2 aromatic carbocycles. The smallest absolute Gasteiger partial charge is 0.453 e. The van der Waals surface area contributed by atoms with Gasteiger partial charge in [-0.25, -0.2) is 0 Å². The van der Waals surface area contributed by atoms with Gasteiger partial charge >= 0.3 is 12.1 Å². The van der Waals surface area contributed by atoms with Gasteiger partial charge in [-0.1, -0.05) is 49.1 Å². The van der Waals surface area contributed by atoms with Gasteiger partial charge in [0.1, 0.15) is 28.8 Å². The Morgan fingerprint density at radius 2 is 1.74 bits per heavy atom. The summed E-state index contributed by atoms with van der Waals surface area (Å²) in [6.07, 6.45) is -4.46. The maximum absolute atomic E-state index is 13.0. The summed E-state index contributed by atoms with van der Waals surface area (Å²) in [7, 11) is 0. The predicted molar refractivity (Wildman–Crippen MR) is 151 cm³/mol. The molecule has 234 valence electrons. The number of phenolic OH excluding ortho intramolecular Hbond substituents is 2. The highest BCUT2D eigenvalue weighted by Gasteiger charge is 2.56. The van der Waals surface area contributed by atoms with E-state index in [0.29, 0.717) is 25.3 Å². The van der Waals surface area contributed by atoms with Crippen LogP contribution in [-0.2, 0) is 21.4 Å². The van der Waals surface area contributed by atoms with Gasteiger partial charge in [0, 0.05) is 30.4 Å². The van der Waals surface area contributed by atoms with E-state index in [2.05, 4.69) is 12.2 Å². The molecule has 1 aliphatic rings. The third-order valence-corrected chi connectivity index (χ3v) is 9.44. The second kappa shape index (κ2) is 14.2. The van der Waals surface area contributed by atoms with Crippen molar-refractivity contribution >= 4 is 17.1 Å². The Morgan fingerprint density at radius 3 is 2.40 bits per heavy atom. The molecule has 1 amide bonds. The van der Waals surface area contributed by atoms with Gasteiger partial charge < -0.3 is 24.8 Å². The Labute approximate surface area is 245 Å². The number of alkyl halides is 5. The average molecular weight is 620 g/mol. The molecule has 4 atom stereocenters. The highest BCUT2D eigenvalue weighted by Crippen LogP contribution is 2.49. The quantitative estimate of drug-likeness (QED) is 0.126. The number of phenols is 2. The van der Waals surface area contributed by atoms with Gasteiger partial charge in [-0.05, 0) is 55.5 Å². The summed E-state index contributed by atoms with van der Waals surface area (Å²) < 4.78 is 80.9. The van der Waals surface area contributed by atoms with Crippen molar-refractivity contribution in [3.63, 3.8) is 0 Å². The lowest BCUT2D eigenvalue weighted by atomic mass is 9.66. The third kappa shape index (κ3) is 8.65. The summed E-state index contributed by atoms with van der Waals surface area (Å²) in [5, 5.41) is 22.5. The van der Waals surface area contributed by atoms with Crippen LogP contribution in [0.15, 0.2) is 42.5 Å². The molecule has 3 N–H and O–H groups in total. The highest BCUT2D eigenvalue weighted by molar-refractivity contribution is 7.91. The minimum Gasteiger partial charge on any atom is -0.616 e. The number of hydrogen-bond donors (Lipinski definition) is 3. The number of halogens is 5. The first kappa shape index (κ1) is 33.8. The summed E-state index contributed by atoms with van der Waals surface area (Å²) >= 11 is -1.69. The first-order chi connectivity index (χ1) is 19.6. The van der Waals surface area contributed by atoms with Crippen molar-refractivity contribution in [3.8, 4) is 17.2 Å². The van der Waals surface area contributed by atoms with Crippen molar-refractivity contribution in [3.05, 3.63) is 53.6 Å². The molecule has 0 bridgehead atoms. The van der Waals surface area contributed by atoms with E-state index in [-0.39, 0.29) is 40.2 Å². The van der Waals surface area contributed by atoms with Gasteiger partial charge in [0.25, 0.3) is 0 Å². The Hall–Kier alpha value is -2.73. The zero-order chi connectivity index (χ0) is 31.1. The number of hydrogen-bond acceptors (Lipinski definition) is 5. The van der Waals surface area contributed by atoms with Crippen LogP contribution in [0.4, 0.5) is 22.0 Å². The molecular weight excluding hydrogens is 581 g/mol. The van der Waals surface area contributed by atoms with Gasteiger partial charge in [0.15, 0.2) is 0 Å². The lowest BCUT2D eigenvalue weighted by molar-refractivity contribution is -0.284. The van der Waals surface area contributed by atoms with E-state index in [4.69, 9.17) is 4.74 Å². The molecule has 1 aliphatic heterocycles. The van der Waals surface area contributed by atoms with Crippen LogP contribution in [0.3, 0.4) is 0 Å². The molecule has 0 radical (unpaired) electrons. The Bertz CT molecular complexity index is 1180. The summed E-state index contributed by atoms with van der Waals surface area (Å²) in [6, 6.07) is 12.2. The fraction of sp³-hybridized carbons (Fsp3) is 0.567. The van der Waals surface area contributed by atoms with E-state index < -0.39 is 42.0 Å². The van der Waals surface area contributed by atoms with Gasteiger partial charge in [0.05, 0.1) is 12.5 Å². The van der Waals surface area contributed by atoms with E-state index >= 15 is 0 Å². The molecule has 4 unspecified atom stereocenters. The third-order valence-electron chi connectivity index (χ3n) is 7.83. The minimum absolute atomic E-state index is 0.0760. The van der Waals surface area contributed by atoms with Crippen molar-refractivity contribution in [2.45, 2.75) is 75.8 Å². The zero-order valence-corrected chi connectivity index (χ0v) is 24.5. The maximum atomic E-state index is 13.0. The Kier molecular flexibility index (Phi) is 11.4. The monoisotopic (exact) mass is 619 g/mol. The number of carbonyl (C=O) groups excluding carboxylic acids is 1. The molecule has 0 aromatic heterocycles. The largest absolute Gasteiger partial charge is 0.616 e. The van der Waals surface area contributed by atoms with Gasteiger partial charge in [-0.2, -0.15) is 22.0 Å². The van der Waals surface area contributed by atoms with E-state index in [1.54, 1.807) is 31.2 Å².